The molecule has 2 aromatic carbocycles. The third kappa shape index (κ3) is 3.61. The number of carbonyl (C=O) groups excluding carboxylic acids is 1. The number of nitrogens with zero attached hydrogens (tertiary/aromatic N) is 1. The minimum Gasteiger partial charge on any atom is -0.358 e. The van der Waals surface area contributed by atoms with E-state index in [1.54, 1.807) is 30.3 Å². The first kappa shape index (κ1) is 19.1. The second-order valence-electron chi connectivity index (χ2n) is 6.71. The highest BCUT2D eigenvalue weighted by Gasteiger charge is 2.21. The molecule has 0 aliphatic carbocycles. The fourth-order valence-electron chi connectivity index (χ4n) is 2.98. The number of aryl methyl sites for hydroxylation is 2. The van der Waals surface area contributed by atoms with Crippen molar-refractivity contribution in [3.63, 3.8) is 0 Å². The van der Waals surface area contributed by atoms with Crippen molar-refractivity contribution in [2.24, 2.45) is 0 Å². The molecule has 1 aromatic heterocycles. The van der Waals surface area contributed by atoms with E-state index >= 15 is 0 Å². The molecule has 3 aromatic rings. The SMILES string of the molecule is Cc1[nH]c2ccc(C(=O)NCc3ccccc3S(=O)(=O)N(C)C)cc2c1C. The zero-order chi connectivity index (χ0) is 19.8. The van der Waals surface area contributed by atoms with Gasteiger partial charge < -0.3 is 10.3 Å². The summed E-state index contributed by atoms with van der Waals surface area (Å²) in [6.07, 6.45) is 0. The maximum atomic E-state index is 12.6. The van der Waals surface area contributed by atoms with Crippen molar-refractivity contribution in [3.05, 3.63) is 64.8 Å². The van der Waals surface area contributed by atoms with Gasteiger partial charge in [0.1, 0.15) is 0 Å². The molecule has 0 saturated heterocycles. The minimum absolute atomic E-state index is 0.130. The van der Waals surface area contributed by atoms with E-state index in [1.165, 1.54) is 18.4 Å². The first-order valence-corrected chi connectivity index (χ1v) is 10.0. The van der Waals surface area contributed by atoms with Crippen molar-refractivity contribution < 1.29 is 13.2 Å². The van der Waals surface area contributed by atoms with E-state index < -0.39 is 10.0 Å². The van der Waals surface area contributed by atoms with E-state index in [9.17, 15) is 13.2 Å². The summed E-state index contributed by atoms with van der Waals surface area (Å²) in [7, 11) is -0.599. The average molecular weight is 385 g/mol. The zero-order valence-electron chi connectivity index (χ0n) is 15.8. The lowest BCUT2D eigenvalue weighted by molar-refractivity contribution is 0.0950. The number of fused-ring (bicyclic) bond motifs is 1. The molecule has 0 saturated carbocycles. The van der Waals surface area contributed by atoms with Gasteiger partial charge in [-0.25, -0.2) is 12.7 Å². The molecule has 0 spiro atoms. The molecule has 0 bridgehead atoms. The molecule has 1 heterocycles. The van der Waals surface area contributed by atoms with Crippen molar-refractivity contribution in [1.29, 1.82) is 0 Å². The second-order valence-corrected chi connectivity index (χ2v) is 8.83. The molecule has 0 fully saturated rings. The van der Waals surface area contributed by atoms with Crippen LogP contribution in [0.25, 0.3) is 10.9 Å². The number of nitrogens with one attached hydrogen (secondary N) is 2. The summed E-state index contributed by atoms with van der Waals surface area (Å²) in [5.41, 5.74) is 4.27. The highest BCUT2D eigenvalue weighted by atomic mass is 32.2. The summed E-state index contributed by atoms with van der Waals surface area (Å²) < 4.78 is 26.1. The number of H-pyrrole nitrogens is 1. The quantitative estimate of drug-likeness (QED) is 0.708. The monoisotopic (exact) mass is 385 g/mol. The normalized spacial score (nSPS) is 11.9. The van der Waals surface area contributed by atoms with Gasteiger partial charge in [-0.05, 0) is 49.2 Å². The lowest BCUT2D eigenvalue weighted by Gasteiger charge is -2.15. The first-order chi connectivity index (χ1) is 12.7. The Morgan fingerprint density at radius 3 is 2.52 bits per heavy atom. The standard InChI is InChI=1S/C20H23N3O3S/c1-13-14(2)22-18-10-9-15(11-17(13)18)20(24)21-12-16-7-5-6-8-19(16)27(25,26)23(3)4/h5-11,22H,12H2,1-4H3,(H,21,24). The van der Waals surface area contributed by atoms with Gasteiger partial charge in [0.15, 0.2) is 0 Å². The molecule has 142 valence electrons. The van der Waals surface area contributed by atoms with Crippen LogP contribution in [0.5, 0.6) is 0 Å². The number of aromatic amines is 1. The predicted octanol–water partition coefficient (Wildman–Crippen LogP) is 2.97. The summed E-state index contributed by atoms with van der Waals surface area (Å²) >= 11 is 0. The van der Waals surface area contributed by atoms with Gasteiger partial charge in [0.25, 0.3) is 5.91 Å². The van der Waals surface area contributed by atoms with Gasteiger partial charge in [0.05, 0.1) is 4.90 Å². The Hall–Kier alpha value is -2.64. The molecule has 0 aliphatic rings. The smallest absolute Gasteiger partial charge is 0.251 e. The molecule has 27 heavy (non-hydrogen) atoms. The third-order valence-corrected chi connectivity index (χ3v) is 6.66. The Kier molecular flexibility index (Phi) is 5.08. The molecule has 3 rings (SSSR count). The van der Waals surface area contributed by atoms with Gasteiger partial charge in [-0.2, -0.15) is 0 Å². The molecule has 6 nitrogen and oxygen atoms in total. The minimum atomic E-state index is -3.57. The Bertz CT molecular complexity index is 1110. The van der Waals surface area contributed by atoms with Gasteiger partial charge >= 0.3 is 0 Å². The van der Waals surface area contributed by atoms with Crippen LogP contribution in [0.2, 0.25) is 0 Å². The lowest BCUT2D eigenvalue weighted by atomic mass is 10.1. The van der Waals surface area contributed by atoms with E-state index in [0.29, 0.717) is 11.1 Å². The number of hydrogen-bond acceptors (Lipinski definition) is 3. The van der Waals surface area contributed by atoms with Crippen LogP contribution in [-0.2, 0) is 16.6 Å². The van der Waals surface area contributed by atoms with Crippen molar-refractivity contribution in [1.82, 2.24) is 14.6 Å². The predicted molar refractivity (Wildman–Crippen MR) is 106 cm³/mol. The fraction of sp³-hybridized carbons (Fsp3) is 0.250. The van der Waals surface area contributed by atoms with Gasteiger partial charge in [-0.3, -0.25) is 4.79 Å². The summed E-state index contributed by atoms with van der Waals surface area (Å²) in [5.74, 6) is -0.243. The summed E-state index contributed by atoms with van der Waals surface area (Å²) in [6.45, 7) is 4.14. The molecular formula is C20H23N3O3S. The van der Waals surface area contributed by atoms with Gasteiger partial charge in [-0.15, -0.1) is 0 Å². The summed E-state index contributed by atoms with van der Waals surface area (Å²) in [6, 6.07) is 12.2. The highest BCUT2D eigenvalue weighted by molar-refractivity contribution is 7.89. The number of benzene rings is 2. The van der Waals surface area contributed by atoms with Crippen LogP contribution in [0.3, 0.4) is 0 Å². The molecule has 0 unspecified atom stereocenters. The number of aromatic nitrogens is 1. The van der Waals surface area contributed by atoms with Crippen molar-refractivity contribution in [3.8, 4) is 0 Å². The number of rotatable bonds is 5. The van der Waals surface area contributed by atoms with Crippen LogP contribution in [0.15, 0.2) is 47.4 Å². The lowest BCUT2D eigenvalue weighted by Crippen LogP contribution is -2.27. The largest absolute Gasteiger partial charge is 0.358 e. The first-order valence-electron chi connectivity index (χ1n) is 8.59. The Balaban J connectivity index is 1.84. The number of hydrogen-bond donors (Lipinski definition) is 2. The highest BCUT2D eigenvalue weighted by Crippen LogP contribution is 2.23. The average Bonchev–Trinajstić information content (AvgIpc) is 2.93. The molecule has 1 amide bonds. The van der Waals surface area contributed by atoms with Gasteiger partial charge in [0.2, 0.25) is 10.0 Å². The van der Waals surface area contributed by atoms with Crippen LogP contribution in [-0.4, -0.2) is 37.7 Å². The summed E-state index contributed by atoms with van der Waals surface area (Å²) in [4.78, 5) is 16.1. The molecule has 0 aliphatic heterocycles. The molecule has 0 radical (unpaired) electrons. The third-order valence-electron chi connectivity index (χ3n) is 4.74. The van der Waals surface area contributed by atoms with Crippen molar-refractivity contribution in [2.45, 2.75) is 25.3 Å². The van der Waals surface area contributed by atoms with Crippen LogP contribution < -0.4 is 5.32 Å². The van der Waals surface area contributed by atoms with Crippen molar-refractivity contribution in [2.75, 3.05) is 14.1 Å². The maximum absolute atomic E-state index is 12.6. The van der Waals surface area contributed by atoms with Crippen molar-refractivity contribution >= 4 is 26.8 Å². The van der Waals surface area contributed by atoms with E-state index in [4.69, 9.17) is 0 Å². The Morgan fingerprint density at radius 2 is 1.81 bits per heavy atom. The van der Waals surface area contributed by atoms with E-state index in [1.807, 2.05) is 26.0 Å². The molecule has 0 atom stereocenters. The maximum Gasteiger partial charge on any atom is 0.251 e. The topological polar surface area (TPSA) is 82.3 Å². The van der Waals surface area contributed by atoms with Crippen LogP contribution in [0, 0.1) is 13.8 Å². The fourth-order valence-corrected chi connectivity index (χ4v) is 4.09. The van der Waals surface area contributed by atoms with Crippen LogP contribution in [0.1, 0.15) is 27.2 Å². The van der Waals surface area contributed by atoms with E-state index in [2.05, 4.69) is 10.3 Å². The van der Waals surface area contributed by atoms with Gasteiger partial charge in [-0.1, -0.05) is 18.2 Å². The molecule has 2 N–H and O–H groups in total. The number of amides is 1. The second kappa shape index (κ2) is 7.17. The number of sulfonamides is 1. The van der Waals surface area contributed by atoms with E-state index in [0.717, 1.165) is 22.2 Å². The Morgan fingerprint density at radius 1 is 1.11 bits per heavy atom. The molecule has 7 heteroatoms. The molecular weight excluding hydrogens is 362 g/mol. The van der Waals surface area contributed by atoms with Crippen LogP contribution in [0.4, 0.5) is 0 Å². The zero-order valence-corrected chi connectivity index (χ0v) is 16.6. The van der Waals surface area contributed by atoms with Gasteiger partial charge in [0, 0.05) is 42.8 Å². The summed E-state index contributed by atoms with van der Waals surface area (Å²) in [5, 5.41) is 3.84. The number of carbonyl (C=O) groups is 1. The van der Waals surface area contributed by atoms with E-state index in [-0.39, 0.29) is 17.3 Å². The van der Waals surface area contributed by atoms with Crippen LogP contribution >= 0.6 is 0 Å². The Labute approximate surface area is 159 Å².